The first-order chi connectivity index (χ1) is 14.2. The molecule has 0 spiro atoms. The quantitative estimate of drug-likeness (QED) is 0.627. The third kappa shape index (κ3) is 6.11. The molecule has 168 valence electrons. The van der Waals surface area contributed by atoms with E-state index in [1.165, 1.54) is 10.4 Å². The molecule has 0 fully saturated rings. The highest BCUT2D eigenvalue weighted by molar-refractivity contribution is 7.18. The number of fused-ring (bicyclic) bond motifs is 3. The third-order valence-corrected chi connectivity index (χ3v) is 6.53. The number of aryl methyl sites for hydroxylation is 1. The van der Waals surface area contributed by atoms with Gasteiger partial charge in [-0.05, 0) is 51.5 Å². The standard InChI is InChI=1S/C22H35N3O4S/c1-14-6-7-16-17(10-14)30-21-19(16)20(27)23-18(24-21)12-25(8-9-28-5)11-15(26)13-29-22(2,3)4/h14-15,26H,6-13H2,1-5H3,(H,23,24,27)/t14-,15-/m0/s1. The summed E-state index contributed by atoms with van der Waals surface area (Å²) in [5.41, 5.74) is 0.844. The molecule has 1 aliphatic rings. The van der Waals surface area contributed by atoms with E-state index in [1.807, 2.05) is 25.7 Å². The zero-order valence-corrected chi connectivity index (χ0v) is 19.6. The maximum absolute atomic E-state index is 12.8. The molecule has 0 saturated carbocycles. The van der Waals surface area contributed by atoms with E-state index in [4.69, 9.17) is 14.5 Å². The van der Waals surface area contributed by atoms with Gasteiger partial charge in [0, 0.05) is 25.1 Å². The van der Waals surface area contributed by atoms with Crippen LogP contribution in [-0.4, -0.2) is 65.1 Å². The van der Waals surface area contributed by atoms with Crippen LogP contribution in [0.5, 0.6) is 0 Å². The van der Waals surface area contributed by atoms with Crippen molar-refractivity contribution in [2.45, 2.75) is 65.2 Å². The lowest BCUT2D eigenvalue weighted by molar-refractivity contribution is -0.0578. The molecule has 7 nitrogen and oxygen atoms in total. The van der Waals surface area contributed by atoms with Gasteiger partial charge in [0.25, 0.3) is 5.56 Å². The molecule has 1 aliphatic carbocycles. The lowest BCUT2D eigenvalue weighted by Gasteiger charge is -2.27. The van der Waals surface area contributed by atoms with Gasteiger partial charge in [-0.3, -0.25) is 9.69 Å². The van der Waals surface area contributed by atoms with Gasteiger partial charge < -0.3 is 19.6 Å². The smallest absolute Gasteiger partial charge is 0.259 e. The van der Waals surface area contributed by atoms with Crippen LogP contribution in [0, 0.1) is 5.92 Å². The van der Waals surface area contributed by atoms with E-state index in [-0.39, 0.29) is 17.8 Å². The number of hydrogen-bond acceptors (Lipinski definition) is 7. The van der Waals surface area contributed by atoms with Crippen LogP contribution >= 0.6 is 11.3 Å². The van der Waals surface area contributed by atoms with Gasteiger partial charge in [0.05, 0.1) is 36.8 Å². The van der Waals surface area contributed by atoms with E-state index in [2.05, 4.69) is 11.9 Å². The van der Waals surface area contributed by atoms with Crippen LogP contribution in [0.25, 0.3) is 10.2 Å². The largest absolute Gasteiger partial charge is 0.389 e. The Morgan fingerprint density at radius 3 is 2.87 bits per heavy atom. The van der Waals surface area contributed by atoms with Crippen molar-refractivity contribution in [3.63, 3.8) is 0 Å². The fourth-order valence-corrected chi connectivity index (χ4v) is 5.23. The lowest BCUT2D eigenvalue weighted by atomic mass is 9.89. The first kappa shape index (κ1) is 23.3. The molecule has 0 saturated heterocycles. The predicted molar refractivity (Wildman–Crippen MR) is 120 cm³/mol. The highest BCUT2D eigenvalue weighted by Gasteiger charge is 2.24. The average molecular weight is 438 g/mol. The number of nitrogens with zero attached hydrogens (tertiary/aromatic N) is 2. The molecule has 0 radical (unpaired) electrons. The molecule has 0 bridgehead atoms. The van der Waals surface area contributed by atoms with Crippen LogP contribution < -0.4 is 5.56 Å². The second-order valence-electron chi connectivity index (χ2n) is 9.35. The summed E-state index contributed by atoms with van der Waals surface area (Å²) in [6, 6.07) is 0. The predicted octanol–water partition coefficient (Wildman–Crippen LogP) is 2.73. The van der Waals surface area contributed by atoms with Gasteiger partial charge in [-0.15, -0.1) is 11.3 Å². The van der Waals surface area contributed by atoms with Crippen LogP contribution in [-0.2, 0) is 28.9 Å². The van der Waals surface area contributed by atoms with Gasteiger partial charge in [-0.2, -0.15) is 0 Å². The summed E-state index contributed by atoms with van der Waals surface area (Å²) in [7, 11) is 1.65. The Balaban J connectivity index is 1.76. The van der Waals surface area contributed by atoms with Gasteiger partial charge in [0.15, 0.2) is 0 Å². The number of nitrogens with one attached hydrogen (secondary N) is 1. The zero-order valence-electron chi connectivity index (χ0n) is 18.8. The van der Waals surface area contributed by atoms with E-state index >= 15 is 0 Å². The van der Waals surface area contributed by atoms with Crippen molar-refractivity contribution in [2.75, 3.05) is 33.4 Å². The molecule has 2 heterocycles. The monoisotopic (exact) mass is 437 g/mol. The Labute approximate surface area is 182 Å². The normalized spacial score (nSPS) is 18.2. The number of aliphatic hydroxyl groups is 1. The minimum absolute atomic E-state index is 0.0506. The third-order valence-electron chi connectivity index (χ3n) is 5.38. The number of thiophene rings is 1. The first-order valence-corrected chi connectivity index (χ1v) is 11.5. The molecule has 0 aliphatic heterocycles. The summed E-state index contributed by atoms with van der Waals surface area (Å²) in [6.07, 6.45) is 2.48. The number of hydrogen-bond donors (Lipinski definition) is 2. The van der Waals surface area contributed by atoms with Crippen molar-refractivity contribution in [1.29, 1.82) is 0 Å². The van der Waals surface area contributed by atoms with Gasteiger partial charge in [-0.25, -0.2) is 4.98 Å². The van der Waals surface area contributed by atoms with Crippen LogP contribution in [0.3, 0.4) is 0 Å². The average Bonchev–Trinajstić information content (AvgIpc) is 3.01. The Morgan fingerprint density at radius 1 is 1.40 bits per heavy atom. The molecule has 2 N–H and O–H groups in total. The van der Waals surface area contributed by atoms with Crippen molar-refractivity contribution in [2.24, 2.45) is 5.92 Å². The summed E-state index contributed by atoms with van der Waals surface area (Å²) in [4.78, 5) is 24.8. The molecular weight excluding hydrogens is 402 g/mol. The fraction of sp³-hybridized carbons (Fsp3) is 0.727. The van der Waals surface area contributed by atoms with Gasteiger partial charge in [0.1, 0.15) is 10.7 Å². The number of H-pyrrole nitrogens is 1. The highest BCUT2D eigenvalue weighted by Crippen LogP contribution is 2.35. The zero-order chi connectivity index (χ0) is 21.9. The second kappa shape index (κ2) is 9.87. The van der Waals surface area contributed by atoms with Crippen molar-refractivity contribution in [3.8, 4) is 0 Å². The lowest BCUT2D eigenvalue weighted by Crippen LogP contribution is -2.38. The van der Waals surface area contributed by atoms with Crippen molar-refractivity contribution < 1.29 is 14.6 Å². The number of rotatable bonds is 9. The highest BCUT2D eigenvalue weighted by atomic mass is 32.1. The van der Waals surface area contributed by atoms with Crippen LogP contribution in [0.15, 0.2) is 4.79 Å². The van der Waals surface area contributed by atoms with E-state index in [9.17, 15) is 9.90 Å². The van der Waals surface area contributed by atoms with E-state index in [1.54, 1.807) is 18.4 Å². The molecule has 2 aromatic rings. The molecule has 2 atom stereocenters. The molecule has 8 heteroatoms. The molecule has 2 aromatic heterocycles. The molecule has 0 aromatic carbocycles. The Kier molecular flexibility index (Phi) is 7.68. The summed E-state index contributed by atoms with van der Waals surface area (Å²) < 4.78 is 10.9. The molecule has 0 amide bonds. The molecule has 30 heavy (non-hydrogen) atoms. The fourth-order valence-electron chi connectivity index (χ4n) is 3.83. The van der Waals surface area contributed by atoms with E-state index in [0.29, 0.717) is 38.0 Å². The van der Waals surface area contributed by atoms with Gasteiger partial charge >= 0.3 is 0 Å². The number of aliphatic hydroxyl groups excluding tert-OH is 1. The summed E-state index contributed by atoms with van der Waals surface area (Å²) in [5.74, 6) is 1.28. The minimum Gasteiger partial charge on any atom is -0.389 e. The molecule has 3 rings (SSSR count). The van der Waals surface area contributed by atoms with E-state index in [0.717, 1.165) is 29.5 Å². The summed E-state index contributed by atoms with van der Waals surface area (Å²) in [6.45, 7) is 10.4. The maximum atomic E-state index is 12.8. The number of ether oxygens (including phenoxy) is 2. The van der Waals surface area contributed by atoms with Crippen LogP contribution in [0.1, 0.15) is 50.4 Å². The Morgan fingerprint density at radius 2 is 2.17 bits per heavy atom. The number of aromatic amines is 1. The van der Waals surface area contributed by atoms with Crippen molar-refractivity contribution in [1.82, 2.24) is 14.9 Å². The second-order valence-corrected chi connectivity index (χ2v) is 10.4. The molecular formula is C22H35N3O4S. The SMILES string of the molecule is COCCN(Cc1nc2sc3c(c2c(=O)[nH]1)CC[C@H](C)C3)C[C@H](O)COC(C)(C)C. The first-order valence-electron chi connectivity index (χ1n) is 10.7. The van der Waals surface area contributed by atoms with Crippen molar-refractivity contribution in [3.05, 3.63) is 26.6 Å². The van der Waals surface area contributed by atoms with Gasteiger partial charge in [0.2, 0.25) is 0 Å². The number of methoxy groups -OCH3 is 1. The minimum atomic E-state index is -0.632. The van der Waals surface area contributed by atoms with Gasteiger partial charge in [-0.1, -0.05) is 6.92 Å². The van der Waals surface area contributed by atoms with Crippen molar-refractivity contribution >= 4 is 21.6 Å². The Bertz CT molecular complexity index is 902. The molecule has 0 unspecified atom stereocenters. The maximum Gasteiger partial charge on any atom is 0.259 e. The summed E-state index contributed by atoms with van der Waals surface area (Å²) >= 11 is 1.66. The topological polar surface area (TPSA) is 87.7 Å². The van der Waals surface area contributed by atoms with Crippen LogP contribution in [0.2, 0.25) is 0 Å². The Hall–Kier alpha value is -1.32. The van der Waals surface area contributed by atoms with Crippen LogP contribution in [0.4, 0.5) is 0 Å². The summed E-state index contributed by atoms with van der Waals surface area (Å²) in [5, 5.41) is 11.2. The number of aromatic nitrogens is 2. The van der Waals surface area contributed by atoms with E-state index < -0.39 is 6.10 Å².